The second-order valence-electron chi connectivity index (χ2n) is 5.42. The summed E-state index contributed by atoms with van der Waals surface area (Å²) >= 11 is 29.6. The molecule has 9 heteroatoms. The highest BCUT2D eigenvalue weighted by molar-refractivity contribution is 6.43. The Bertz CT molecular complexity index is 812. The van der Waals surface area contributed by atoms with E-state index in [4.69, 9.17) is 67.5 Å². The van der Waals surface area contributed by atoms with Gasteiger partial charge in [0.2, 0.25) is 0 Å². The number of ether oxygens (including phenoxy) is 2. The largest absolute Gasteiger partial charge is 0.546 e. The second kappa shape index (κ2) is 9.25. The van der Waals surface area contributed by atoms with Gasteiger partial charge in [-0.05, 0) is 24.3 Å². The summed E-state index contributed by atoms with van der Waals surface area (Å²) < 4.78 is 11.0. The van der Waals surface area contributed by atoms with Gasteiger partial charge in [0.05, 0.1) is 32.7 Å². The molecule has 2 rings (SSSR count). The van der Waals surface area contributed by atoms with Gasteiger partial charge >= 0.3 is 0 Å². The standard InChI is InChI=1S/C17H13Cl5O4/c1-8(7-25-15-6-11(20)10(19)5-13(15)22)16(17(23)24)26-14-3-2-9(18)4-12(14)21/h2-6,8,16H,7H2,1H3,(H,23,24)/p-1. The smallest absolute Gasteiger partial charge is 0.144 e. The molecule has 140 valence electrons. The van der Waals surface area contributed by atoms with E-state index >= 15 is 0 Å². The molecule has 0 amide bonds. The zero-order valence-corrected chi connectivity index (χ0v) is 17.1. The third kappa shape index (κ3) is 5.48. The second-order valence-corrected chi connectivity index (χ2v) is 7.48. The van der Waals surface area contributed by atoms with Crippen LogP contribution in [0.25, 0.3) is 0 Å². The SMILES string of the molecule is CC(COc1cc(Cl)c(Cl)cc1Cl)C(Oc1ccc(Cl)cc1Cl)C(=O)[O-]. The first-order chi connectivity index (χ1) is 12.2. The molecule has 0 N–H and O–H groups in total. The van der Waals surface area contributed by atoms with E-state index in [1.54, 1.807) is 6.92 Å². The summed E-state index contributed by atoms with van der Waals surface area (Å²) in [6, 6.07) is 7.34. The Kier molecular flexibility index (Phi) is 7.56. The van der Waals surface area contributed by atoms with Gasteiger partial charge in [-0.25, -0.2) is 0 Å². The number of rotatable bonds is 7. The Balaban J connectivity index is 2.10. The maximum atomic E-state index is 11.5. The molecular formula is C17H12Cl5O4-. The Morgan fingerprint density at radius 3 is 2.19 bits per heavy atom. The van der Waals surface area contributed by atoms with E-state index in [1.165, 1.54) is 30.3 Å². The first-order valence-corrected chi connectivity index (χ1v) is 9.18. The Morgan fingerprint density at radius 1 is 0.962 bits per heavy atom. The Hall–Kier alpha value is -1.04. The number of hydrogen-bond donors (Lipinski definition) is 0. The number of halogens is 5. The molecule has 0 aliphatic heterocycles. The lowest BCUT2D eigenvalue weighted by Gasteiger charge is -2.26. The van der Waals surface area contributed by atoms with Gasteiger partial charge in [0.25, 0.3) is 0 Å². The fourth-order valence-corrected chi connectivity index (χ4v) is 3.07. The molecule has 0 radical (unpaired) electrons. The topological polar surface area (TPSA) is 58.6 Å². The first-order valence-electron chi connectivity index (χ1n) is 7.29. The molecule has 0 bridgehead atoms. The van der Waals surface area contributed by atoms with Crippen LogP contribution in [0, 0.1) is 5.92 Å². The third-order valence-electron chi connectivity index (χ3n) is 3.37. The number of carboxylic acids is 1. The van der Waals surface area contributed by atoms with Crippen molar-refractivity contribution >= 4 is 64.0 Å². The molecule has 2 atom stereocenters. The van der Waals surface area contributed by atoms with Gasteiger partial charge in [0.1, 0.15) is 17.6 Å². The number of aliphatic carboxylic acids is 1. The van der Waals surface area contributed by atoms with Crippen LogP contribution < -0.4 is 14.6 Å². The number of benzene rings is 2. The maximum Gasteiger partial charge on any atom is 0.144 e. The maximum absolute atomic E-state index is 11.5. The summed E-state index contributed by atoms with van der Waals surface area (Å²) in [5.41, 5.74) is 0. The van der Waals surface area contributed by atoms with E-state index < -0.39 is 18.0 Å². The van der Waals surface area contributed by atoms with Crippen LogP contribution in [-0.4, -0.2) is 18.7 Å². The van der Waals surface area contributed by atoms with E-state index in [1.807, 2.05) is 0 Å². The molecule has 0 saturated carbocycles. The van der Waals surface area contributed by atoms with E-state index in [2.05, 4.69) is 0 Å². The molecular weight excluding hydrogens is 445 g/mol. The average molecular weight is 458 g/mol. The van der Waals surface area contributed by atoms with Crippen molar-refractivity contribution in [2.24, 2.45) is 5.92 Å². The van der Waals surface area contributed by atoms with Crippen LogP contribution in [0.5, 0.6) is 11.5 Å². The lowest BCUT2D eigenvalue weighted by Crippen LogP contribution is -2.45. The third-order valence-corrected chi connectivity index (χ3v) is 4.92. The number of carbonyl (C=O) groups excluding carboxylic acids is 1. The molecule has 0 spiro atoms. The van der Waals surface area contributed by atoms with Gasteiger partial charge in [-0.3, -0.25) is 0 Å². The van der Waals surface area contributed by atoms with Crippen molar-refractivity contribution in [2.75, 3.05) is 6.61 Å². The Labute approximate surface area is 175 Å². The van der Waals surface area contributed by atoms with Crippen molar-refractivity contribution in [1.82, 2.24) is 0 Å². The van der Waals surface area contributed by atoms with Gasteiger partial charge in [0.15, 0.2) is 0 Å². The molecule has 4 nitrogen and oxygen atoms in total. The molecule has 26 heavy (non-hydrogen) atoms. The quantitative estimate of drug-likeness (QED) is 0.539. The van der Waals surface area contributed by atoms with Gasteiger partial charge in [-0.2, -0.15) is 0 Å². The van der Waals surface area contributed by atoms with Crippen molar-refractivity contribution in [3.05, 3.63) is 55.4 Å². The summed E-state index contributed by atoms with van der Waals surface area (Å²) in [7, 11) is 0. The normalized spacial score (nSPS) is 13.2. The molecule has 0 aromatic heterocycles. The predicted octanol–water partition coefficient (Wildman–Crippen LogP) is 5.17. The highest BCUT2D eigenvalue weighted by atomic mass is 35.5. The zero-order valence-electron chi connectivity index (χ0n) is 13.3. The van der Waals surface area contributed by atoms with Crippen LogP contribution >= 0.6 is 58.0 Å². The van der Waals surface area contributed by atoms with Crippen molar-refractivity contribution in [2.45, 2.75) is 13.0 Å². The van der Waals surface area contributed by atoms with E-state index in [9.17, 15) is 9.90 Å². The molecule has 0 aliphatic carbocycles. The fourth-order valence-electron chi connectivity index (χ4n) is 2.03. The monoisotopic (exact) mass is 455 g/mol. The van der Waals surface area contributed by atoms with Crippen molar-refractivity contribution < 1.29 is 19.4 Å². The van der Waals surface area contributed by atoms with E-state index in [-0.39, 0.29) is 38.2 Å². The average Bonchev–Trinajstić information content (AvgIpc) is 2.55. The molecule has 0 saturated heterocycles. The molecule has 0 heterocycles. The highest BCUT2D eigenvalue weighted by Gasteiger charge is 2.23. The first kappa shape index (κ1) is 21.3. The summed E-state index contributed by atoms with van der Waals surface area (Å²) in [6.45, 7) is 1.59. The van der Waals surface area contributed by atoms with Crippen LogP contribution in [0.3, 0.4) is 0 Å². The number of hydrogen-bond acceptors (Lipinski definition) is 4. The fraction of sp³-hybridized carbons (Fsp3) is 0.235. The van der Waals surface area contributed by atoms with Crippen LogP contribution in [0.4, 0.5) is 0 Å². The Morgan fingerprint density at radius 2 is 1.58 bits per heavy atom. The van der Waals surface area contributed by atoms with Crippen LogP contribution in [0.1, 0.15) is 6.92 Å². The minimum atomic E-state index is -1.41. The minimum absolute atomic E-state index is 0.0263. The van der Waals surface area contributed by atoms with Crippen LogP contribution in [0.15, 0.2) is 30.3 Å². The molecule has 2 aromatic rings. The highest BCUT2D eigenvalue weighted by Crippen LogP contribution is 2.34. The van der Waals surface area contributed by atoms with Gasteiger partial charge in [0, 0.05) is 17.0 Å². The van der Waals surface area contributed by atoms with Gasteiger partial charge < -0.3 is 19.4 Å². The van der Waals surface area contributed by atoms with Crippen molar-refractivity contribution in [1.29, 1.82) is 0 Å². The lowest BCUT2D eigenvalue weighted by molar-refractivity contribution is -0.315. The molecule has 0 aliphatic rings. The van der Waals surface area contributed by atoms with Crippen LogP contribution in [0.2, 0.25) is 25.1 Å². The number of carbonyl (C=O) groups is 1. The van der Waals surface area contributed by atoms with E-state index in [0.717, 1.165) is 0 Å². The summed E-state index contributed by atoms with van der Waals surface area (Å²) in [5, 5.41) is 12.9. The summed E-state index contributed by atoms with van der Waals surface area (Å²) in [4.78, 5) is 11.5. The van der Waals surface area contributed by atoms with Gasteiger partial charge in [-0.1, -0.05) is 64.9 Å². The number of carboxylic acid groups (broad SMARTS) is 1. The zero-order chi connectivity index (χ0) is 19.4. The van der Waals surface area contributed by atoms with Crippen LogP contribution in [-0.2, 0) is 4.79 Å². The molecule has 2 aromatic carbocycles. The van der Waals surface area contributed by atoms with Gasteiger partial charge in [-0.15, -0.1) is 0 Å². The summed E-state index contributed by atoms with van der Waals surface area (Å²) in [5.74, 6) is -1.57. The summed E-state index contributed by atoms with van der Waals surface area (Å²) in [6.07, 6.45) is -1.31. The van der Waals surface area contributed by atoms with E-state index in [0.29, 0.717) is 5.02 Å². The van der Waals surface area contributed by atoms with Crippen molar-refractivity contribution in [3.8, 4) is 11.5 Å². The predicted molar refractivity (Wildman–Crippen MR) is 102 cm³/mol. The minimum Gasteiger partial charge on any atom is -0.546 e. The van der Waals surface area contributed by atoms with Crippen molar-refractivity contribution in [3.63, 3.8) is 0 Å². The molecule has 0 fully saturated rings. The lowest BCUT2D eigenvalue weighted by atomic mass is 10.1. The molecule has 2 unspecified atom stereocenters.